The summed E-state index contributed by atoms with van der Waals surface area (Å²) in [6.07, 6.45) is 0.799. The summed E-state index contributed by atoms with van der Waals surface area (Å²) >= 11 is 0. The molecule has 0 aliphatic carbocycles. The Balaban J connectivity index is 1.68. The van der Waals surface area contributed by atoms with Gasteiger partial charge < -0.3 is 24.4 Å². The highest BCUT2D eigenvalue weighted by Crippen LogP contribution is 2.31. The number of anilines is 1. The molecule has 1 aliphatic heterocycles. The van der Waals surface area contributed by atoms with Gasteiger partial charge in [0.05, 0.1) is 19.8 Å². The Morgan fingerprint density at radius 3 is 2.89 bits per heavy atom. The minimum atomic E-state index is -0.113. The van der Waals surface area contributed by atoms with Gasteiger partial charge in [-0.1, -0.05) is 30.3 Å². The van der Waals surface area contributed by atoms with E-state index in [0.29, 0.717) is 26.3 Å². The quantitative estimate of drug-likeness (QED) is 0.844. The second-order valence-electron chi connectivity index (χ2n) is 6.43. The summed E-state index contributed by atoms with van der Waals surface area (Å²) in [6.45, 7) is 2.33. The fraction of sp³-hybridized carbons (Fsp3) is 0.381. The molecule has 0 saturated carbocycles. The molecule has 0 unspecified atom stereocenters. The van der Waals surface area contributed by atoms with E-state index in [4.69, 9.17) is 14.2 Å². The van der Waals surface area contributed by atoms with Crippen LogP contribution in [0, 0.1) is 0 Å². The lowest BCUT2D eigenvalue weighted by atomic mass is 10.0. The van der Waals surface area contributed by atoms with Crippen LogP contribution in [0.25, 0.3) is 11.1 Å². The number of benzene rings is 2. The molecule has 6 heteroatoms. The summed E-state index contributed by atoms with van der Waals surface area (Å²) in [5, 5.41) is 3.00. The number of methoxy groups -OCH3 is 2. The minimum absolute atomic E-state index is 0.0179. The molecule has 2 aromatic rings. The van der Waals surface area contributed by atoms with Crippen molar-refractivity contribution in [2.75, 3.05) is 45.8 Å². The van der Waals surface area contributed by atoms with Gasteiger partial charge in [0, 0.05) is 38.1 Å². The van der Waals surface area contributed by atoms with E-state index in [1.54, 1.807) is 19.1 Å². The standard InChI is InChI=1S/C21H26N2O4/c1-25-12-10-18-15-23(11-13-27-18)21(24)22-17-7-5-6-16(14-17)19-8-3-4-9-20(19)26-2/h3-9,14,18H,10-13,15H2,1-2H3,(H,22,24)/t18-/m1/s1. The van der Waals surface area contributed by atoms with Crippen LogP contribution >= 0.6 is 0 Å². The fourth-order valence-corrected chi connectivity index (χ4v) is 3.18. The number of hydrogen-bond acceptors (Lipinski definition) is 4. The Kier molecular flexibility index (Phi) is 6.68. The Hall–Kier alpha value is -2.57. The van der Waals surface area contributed by atoms with E-state index >= 15 is 0 Å². The first-order chi connectivity index (χ1) is 13.2. The van der Waals surface area contributed by atoms with Crippen LogP contribution in [-0.4, -0.2) is 57.6 Å². The van der Waals surface area contributed by atoms with Gasteiger partial charge in [-0.15, -0.1) is 0 Å². The summed E-state index contributed by atoms with van der Waals surface area (Å²) in [5.74, 6) is 0.801. The smallest absolute Gasteiger partial charge is 0.322 e. The third-order valence-corrected chi connectivity index (χ3v) is 4.60. The van der Waals surface area contributed by atoms with Crippen LogP contribution in [0.4, 0.5) is 10.5 Å². The van der Waals surface area contributed by atoms with E-state index in [2.05, 4.69) is 5.32 Å². The van der Waals surface area contributed by atoms with Crippen LogP contribution in [-0.2, 0) is 9.47 Å². The highest BCUT2D eigenvalue weighted by molar-refractivity contribution is 5.90. The van der Waals surface area contributed by atoms with Crippen LogP contribution in [0.1, 0.15) is 6.42 Å². The first kappa shape index (κ1) is 19.2. The SMILES string of the molecule is COCC[C@@H]1CN(C(=O)Nc2cccc(-c3ccccc3OC)c2)CCO1. The zero-order valence-electron chi connectivity index (χ0n) is 15.8. The maximum Gasteiger partial charge on any atom is 0.322 e. The monoisotopic (exact) mass is 370 g/mol. The van der Waals surface area contributed by atoms with E-state index in [1.165, 1.54) is 0 Å². The molecule has 3 rings (SSSR count). The molecule has 144 valence electrons. The van der Waals surface area contributed by atoms with Crippen molar-refractivity contribution in [2.45, 2.75) is 12.5 Å². The second-order valence-corrected chi connectivity index (χ2v) is 6.43. The number of morpholine rings is 1. The molecule has 1 saturated heterocycles. The average molecular weight is 370 g/mol. The van der Waals surface area contributed by atoms with Crippen molar-refractivity contribution in [2.24, 2.45) is 0 Å². The normalized spacial score (nSPS) is 16.8. The molecule has 6 nitrogen and oxygen atoms in total. The van der Waals surface area contributed by atoms with Crippen LogP contribution in [0.2, 0.25) is 0 Å². The van der Waals surface area contributed by atoms with E-state index in [1.807, 2.05) is 48.5 Å². The predicted octanol–water partition coefficient (Wildman–Crippen LogP) is 3.63. The van der Waals surface area contributed by atoms with Gasteiger partial charge in [-0.05, 0) is 30.2 Å². The maximum absolute atomic E-state index is 12.7. The first-order valence-electron chi connectivity index (χ1n) is 9.11. The Labute approximate surface area is 160 Å². The molecule has 2 amide bonds. The number of para-hydroxylation sites is 1. The lowest BCUT2D eigenvalue weighted by Crippen LogP contribution is -2.47. The molecule has 0 spiro atoms. The molecule has 1 heterocycles. The van der Waals surface area contributed by atoms with E-state index in [0.717, 1.165) is 29.0 Å². The van der Waals surface area contributed by atoms with Crippen molar-refractivity contribution >= 4 is 11.7 Å². The molecule has 27 heavy (non-hydrogen) atoms. The van der Waals surface area contributed by atoms with Gasteiger partial charge in [0.25, 0.3) is 0 Å². The number of carbonyl (C=O) groups is 1. The van der Waals surface area contributed by atoms with Gasteiger partial charge in [-0.2, -0.15) is 0 Å². The van der Waals surface area contributed by atoms with Gasteiger partial charge in [-0.25, -0.2) is 4.79 Å². The van der Waals surface area contributed by atoms with Crippen LogP contribution < -0.4 is 10.1 Å². The lowest BCUT2D eigenvalue weighted by molar-refractivity contribution is -0.0260. The molecule has 2 aromatic carbocycles. The van der Waals surface area contributed by atoms with E-state index < -0.39 is 0 Å². The number of hydrogen-bond donors (Lipinski definition) is 1. The van der Waals surface area contributed by atoms with Crippen molar-refractivity contribution in [3.8, 4) is 16.9 Å². The third-order valence-electron chi connectivity index (χ3n) is 4.60. The molecule has 0 bridgehead atoms. The van der Waals surface area contributed by atoms with Gasteiger partial charge >= 0.3 is 6.03 Å². The number of amides is 2. The Bertz CT molecular complexity index is 765. The highest BCUT2D eigenvalue weighted by atomic mass is 16.5. The lowest BCUT2D eigenvalue weighted by Gasteiger charge is -2.33. The average Bonchev–Trinajstić information content (AvgIpc) is 2.72. The second kappa shape index (κ2) is 9.39. The zero-order chi connectivity index (χ0) is 19.1. The number of nitrogens with one attached hydrogen (secondary N) is 1. The molecular formula is C21H26N2O4. The molecule has 0 aromatic heterocycles. The fourth-order valence-electron chi connectivity index (χ4n) is 3.18. The van der Waals surface area contributed by atoms with Crippen molar-refractivity contribution in [1.82, 2.24) is 4.90 Å². The van der Waals surface area contributed by atoms with E-state index in [9.17, 15) is 4.79 Å². The minimum Gasteiger partial charge on any atom is -0.496 e. The van der Waals surface area contributed by atoms with Gasteiger partial charge in [0.1, 0.15) is 5.75 Å². The Morgan fingerprint density at radius 1 is 1.22 bits per heavy atom. The van der Waals surface area contributed by atoms with Crippen LogP contribution in [0.3, 0.4) is 0 Å². The number of ether oxygens (including phenoxy) is 3. The van der Waals surface area contributed by atoms with Crippen LogP contribution in [0.15, 0.2) is 48.5 Å². The number of rotatable bonds is 6. The molecule has 1 N–H and O–H groups in total. The molecule has 0 radical (unpaired) electrons. The predicted molar refractivity (Wildman–Crippen MR) is 105 cm³/mol. The zero-order valence-corrected chi connectivity index (χ0v) is 15.8. The van der Waals surface area contributed by atoms with Crippen LogP contribution in [0.5, 0.6) is 5.75 Å². The third kappa shape index (κ3) is 4.99. The maximum atomic E-state index is 12.7. The van der Waals surface area contributed by atoms with E-state index in [-0.39, 0.29) is 12.1 Å². The summed E-state index contributed by atoms with van der Waals surface area (Å²) in [4.78, 5) is 14.5. The molecular weight excluding hydrogens is 344 g/mol. The van der Waals surface area contributed by atoms with Gasteiger partial charge in [-0.3, -0.25) is 0 Å². The Morgan fingerprint density at radius 2 is 2.07 bits per heavy atom. The topological polar surface area (TPSA) is 60.0 Å². The van der Waals surface area contributed by atoms with Crippen molar-refractivity contribution in [3.63, 3.8) is 0 Å². The van der Waals surface area contributed by atoms with Gasteiger partial charge in [0.15, 0.2) is 0 Å². The molecule has 1 aliphatic rings. The largest absolute Gasteiger partial charge is 0.496 e. The molecule has 1 fully saturated rings. The highest BCUT2D eigenvalue weighted by Gasteiger charge is 2.24. The van der Waals surface area contributed by atoms with Crippen molar-refractivity contribution in [3.05, 3.63) is 48.5 Å². The summed E-state index contributed by atoms with van der Waals surface area (Å²) in [5.41, 5.74) is 2.73. The van der Waals surface area contributed by atoms with Crippen molar-refractivity contribution < 1.29 is 19.0 Å². The first-order valence-corrected chi connectivity index (χ1v) is 9.11. The van der Waals surface area contributed by atoms with Crippen molar-refractivity contribution in [1.29, 1.82) is 0 Å². The summed E-state index contributed by atoms with van der Waals surface area (Å²) in [6, 6.07) is 15.5. The van der Waals surface area contributed by atoms with Gasteiger partial charge in [0.2, 0.25) is 0 Å². The summed E-state index contributed by atoms with van der Waals surface area (Å²) in [7, 11) is 3.32. The number of nitrogens with zero attached hydrogens (tertiary/aromatic N) is 1. The molecule has 1 atom stereocenters. The summed E-state index contributed by atoms with van der Waals surface area (Å²) < 4.78 is 16.2. The number of carbonyl (C=O) groups excluding carboxylic acids is 1. The number of urea groups is 1.